The first-order valence-electron chi connectivity index (χ1n) is 4.61. The largest absolute Gasteiger partial charge is 0.469 e. The molecule has 1 aliphatic heterocycles. The molecule has 0 aromatic heterocycles. The van der Waals surface area contributed by atoms with E-state index in [1.54, 1.807) is 4.90 Å². The lowest BCUT2D eigenvalue weighted by atomic mass is 10.1. The summed E-state index contributed by atoms with van der Waals surface area (Å²) in [5, 5.41) is 0. The summed E-state index contributed by atoms with van der Waals surface area (Å²) in [6, 6.07) is -0.0197. The van der Waals surface area contributed by atoms with Crippen LogP contribution in [0.3, 0.4) is 0 Å². The minimum atomic E-state index is -0.274. The summed E-state index contributed by atoms with van der Waals surface area (Å²) >= 11 is 5.46. The average Bonchev–Trinajstić information content (AvgIpc) is 2.64. The van der Waals surface area contributed by atoms with Crippen LogP contribution in [0.2, 0.25) is 0 Å². The number of rotatable bonds is 3. The molecule has 0 unspecified atom stereocenters. The van der Waals surface area contributed by atoms with E-state index in [1.807, 2.05) is 0 Å². The smallest absolute Gasteiger partial charge is 0.307 e. The minimum Gasteiger partial charge on any atom is -0.469 e. The van der Waals surface area contributed by atoms with Gasteiger partial charge in [-0.25, -0.2) is 0 Å². The first-order chi connectivity index (χ1) is 6.69. The molecule has 1 aliphatic rings. The second-order valence-electron chi connectivity index (χ2n) is 3.30. The lowest BCUT2D eigenvalue weighted by Gasteiger charge is -2.22. The van der Waals surface area contributed by atoms with Gasteiger partial charge < -0.3 is 9.64 Å². The fourth-order valence-electron chi connectivity index (χ4n) is 1.73. The number of amides is 1. The highest BCUT2D eigenvalue weighted by molar-refractivity contribution is 6.27. The number of halogens is 1. The number of carbonyl (C=O) groups is 2. The zero-order valence-corrected chi connectivity index (χ0v) is 8.92. The summed E-state index contributed by atoms with van der Waals surface area (Å²) in [6.07, 6.45) is 2.07. The van der Waals surface area contributed by atoms with Crippen LogP contribution in [0.4, 0.5) is 0 Å². The molecule has 5 heteroatoms. The van der Waals surface area contributed by atoms with Crippen molar-refractivity contribution in [3.8, 4) is 0 Å². The topological polar surface area (TPSA) is 46.6 Å². The van der Waals surface area contributed by atoms with Gasteiger partial charge in [-0.15, -0.1) is 11.6 Å². The maximum Gasteiger partial charge on any atom is 0.307 e. The molecule has 0 radical (unpaired) electrons. The standard InChI is InChI=1S/C9H14ClNO3/c1-14-9(13)5-7-3-2-4-11(7)8(12)6-10/h7H,2-6H2,1H3/t7-/m0/s1. The summed E-state index contributed by atoms with van der Waals surface area (Å²) in [5.41, 5.74) is 0. The minimum absolute atomic E-state index is 0.0162. The van der Waals surface area contributed by atoms with Crippen molar-refractivity contribution in [1.82, 2.24) is 4.90 Å². The quantitative estimate of drug-likeness (QED) is 0.521. The molecule has 0 bridgehead atoms. The van der Waals surface area contributed by atoms with Crippen molar-refractivity contribution in [3.05, 3.63) is 0 Å². The van der Waals surface area contributed by atoms with Crippen molar-refractivity contribution in [3.63, 3.8) is 0 Å². The number of ether oxygens (including phenoxy) is 1. The average molecular weight is 220 g/mol. The van der Waals surface area contributed by atoms with Gasteiger partial charge in [0.1, 0.15) is 5.88 Å². The first kappa shape index (κ1) is 11.3. The Kier molecular flexibility index (Phi) is 4.20. The van der Waals surface area contributed by atoms with Crippen LogP contribution in [0.1, 0.15) is 19.3 Å². The molecule has 4 nitrogen and oxygen atoms in total. The molecule has 14 heavy (non-hydrogen) atoms. The summed E-state index contributed by atoms with van der Waals surface area (Å²) in [6.45, 7) is 0.702. The molecule has 0 saturated carbocycles. The number of esters is 1. The molecule has 1 amide bonds. The second-order valence-corrected chi connectivity index (χ2v) is 3.56. The first-order valence-corrected chi connectivity index (χ1v) is 5.14. The van der Waals surface area contributed by atoms with Crippen molar-refractivity contribution < 1.29 is 14.3 Å². The van der Waals surface area contributed by atoms with Gasteiger partial charge in [-0.1, -0.05) is 0 Å². The van der Waals surface area contributed by atoms with Gasteiger partial charge in [-0.05, 0) is 12.8 Å². The van der Waals surface area contributed by atoms with Crippen molar-refractivity contribution >= 4 is 23.5 Å². The van der Waals surface area contributed by atoms with E-state index in [1.165, 1.54) is 7.11 Å². The highest BCUT2D eigenvalue weighted by Crippen LogP contribution is 2.20. The Morgan fingerprint density at radius 1 is 1.57 bits per heavy atom. The van der Waals surface area contributed by atoms with Crippen molar-refractivity contribution in [1.29, 1.82) is 0 Å². The number of likely N-dealkylation sites (tertiary alicyclic amines) is 1. The summed E-state index contributed by atoms with van der Waals surface area (Å²) < 4.78 is 4.56. The maximum absolute atomic E-state index is 11.3. The fourth-order valence-corrected chi connectivity index (χ4v) is 1.88. The molecular formula is C9H14ClNO3. The number of hydrogen-bond acceptors (Lipinski definition) is 3. The van der Waals surface area contributed by atoms with E-state index in [0.717, 1.165) is 12.8 Å². The van der Waals surface area contributed by atoms with Crippen LogP contribution in [0.25, 0.3) is 0 Å². The molecule has 0 aromatic rings. The maximum atomic E-state index is 11.3. The number of alkyl halides is 1. The Labute approximate surface area is 88.2 Å². The third kappa shape index (κ3) is 2.61. The van der Waals surface area contributed by atoms with Crippen LogP contribution in [0.15, 0.2) is 0 Å². The van der Waals surface area contributed by atoms with E-state index in [2.05, 4.69) is 4.74 Å². The Morgan fingerprint density at radius 2 is 2.29 bits per heavy atom. The zero-order valence-electron chi connectivity index (χ0n) is 8.16. The summed E-state index contributed by atoms with van der Waals surface area (Å²) in [7, 11) is 1.35. The van der Waals surface area contributed by atoms with Gasteiger partial charge in [-0.3, -0.25) is 9.59 Å². The zero-order chi connectivity index (χ0) is 10.6. The van der Waals surface area contributed by atoms with Gasteiger partial charge in [0.2, 0.25) is 5.91 Å². The van der Waals surface area contributed by atoms with Crippen LogP contribution in [0, 0.1) is 0 Å². The predicted molar refractivity (Wildman–Crippen MR) is 52.1 cm³/mol. The SMILES string of the molecule is COC(=O)C[C@@H]1CCCN1C(=O)CCl. The van der Waals surface area contributed by atoms with Crippen molar-refractivity contribution in [2.75, 3.05) is 19.5 Å². The molecule has 1 heterocycles. The van der Waals surface area contributed by atoms with Crippen molar-refractivity contribution in [2.45, 2.75) is 25.3 Å². The third-order valence-electron chi connectivity index (χ3n) is 2.44. The van der Waals surface area contributed by atoms with Gasteiger partial charge in [0.05, 0.1) is 13.5 Å². The van der Waals surface area contributed by atoms with Gasteiger partial charge >= 0.3 is 5.97 Å². The molecule has 0 aromatic carbocycles. The molecule has 1 fully saturated rings. The van der Waals surface area contributed by atoms with E-state index >= 15 is 0 Å². The molecule has 0 aliphatic carbocycles. The van der Waals surface area contributed by atoms with E-state index < -0.39 is 0 Å². The summed E-state index contributed by atoms with van der Waals surface area (Å²) in [5.74, 6) is -0.389. The van der Waals surface area contributed by atoms with Crippen LogP contribution in [-0.2, 0) is 14.3 Å². The predicted octanol–water partition coefficient (Wildman–Crippen LogP) is 0.779. The van der Waals surface area contributed by atoms with Crippen molar-refractivity contribution in [2.24, 2.45) is 0 Å². The molecule has 80 valence electrons. The molecule has 0 spiro atoms. The lowest BCUT2D eigenvalue weighted by Crippen LogP contribution is -2.37. The number of hydrogen-bond donors (Lipinski definition) is 0. The molecule has 0 N–H and O–H groups in total. The Bertz CT molecular complexity index is 232. The fraction of sp³-hybridized carbons (Fsp3) is 0.778. The summed E-state index contributed by atoms with van der Waals surface area (Å²) in [4.78, 5) is 24.0. The number of methoxy groups -OCH3 is 1. The van der Waals surface area contributed by atoms with Crippen LogP contribution >= 0.6 is 11.6 Å². The molecule has 1 saturated heterocycles. The van der Waals surface area contributed by atoms with E-state index in [9.17, 15) is 9.59 Å². The lowest BCUT2D eigenvalue weighted by molar-refractivity contribution is -0.142. The molecular weight excluding hydrogens is 206 g/mol. The monoisotopic (exact) mass is 219 g/mol. The van der Waals surface area contributed by atoms with Crippen LogP contribution in [-0.4, -0.2) is 42.4 Å². The Hall–Kier alpha value is -0.770. The number of carbonyl (C=O) groups excluding carboxylic acids is 2. The van der Waals surface area contributed by atoms with E-state index in [0.29, 0.717) is 6.54 Å². The van der Waals surface area contributed by atoms with Crippen LogP contribution < -0.4 is 0 Å². The van der Waals surface area contributed by atoms with Crippen LogP contribution in [0.5, 0.6) is 0 Å². The highest BCUT2D eigenvalue weighted by Gasteiger charge is 2.29. The Morgan fingerprint density at radius 3 is 2.86 bits per heavy atom. The van der Waals surface area contributed by atoms with Gasteiger partial charge in [-0.2, -0.15) is 0 Å². The van der Waals surface area contributed by atoms with Gasteiger partial charge in [0, 0.05) is 12.6 Å². The highest BCUT2D eigenvalue weighted by atomic mass is 35.5. The normalized spacial score (nSPS) is 21.0. The Balaban J connectivity index is 2.51. The second kappa shape index (κ2) is 5.20. The van der Waals surface area contributed by atoms with E-state index in [4.69, 9.17) is 11.6 Å². The third-order valence-corrected chi connectivity index (χ3v) is 2.67. The molecule has 1 rings (SSSR count). The van der Waals surface area contributed by atoms with Gasteiger partial charge in [0.25, 0.3) is 0 Å². The molecule has 1 atom stereocenters. The number of nitrogens with zero attached hydrogens (tertiary/aromatic N) is 1. The van der Waals surface area contributed by atoms with Gasteiger partial charge in [0.15, 0.2) is 0 Å². The van der Waals surface area contributed by atoms with E-state index in [-0.39, 0.29) is 30.2 Å².